The molecule has 0 atom stereocenters. The number of benzene rings is 3. The lowest BCUT2D eigenvalue weighted by atomic mass is 10.1. The molecule has 0 amide bonds. The molecular formula is C22H20N2O4S. The zero-order valence-electron chi connectivity index (χ0n) is 16.0. The summed E-state index contributed by atoms with van der Waals surface area (Å²) in [5.41, 5.74) is 3.00. The summed E-state index contributed by atoms with van der Waals surface area (Å²) in [4.78, 5) is 14.4. The van der Waals surface area contributed by atoms with Crippen molar-refractivity contribution >= 4 is 22.2 Å². The molecule has 1 N–H and O–H groups in total. The number of nitrogens with one attached hydrogen (secondary N) is 1. The minimum absolute atomic E-state index is 0.154. The summed E-state index contributed by atoms with van der Waals surface area (Å²) >= 11 is 0. The van der Waals surface area contributed by atoms with E-state index in [9.17, 15) is 13.2 Å². The largest absolute Gasteiger partial charge is 0.423 e. The third kappa shape index (κ3) is 5.30. The Labute approximate surface area is 169 Å². The molecule has 3 rings (SSSR count). The van der Waals surface area contributed by atoms with E-state index in [2.05, 4.69) is 9.93 Å². The van der Waals surface area contributed by atoms with Crippen molar-refractivity contribution < 1.29 is 17.9 Å². The average Bonchev–Trinajstić information content (AvgIpc) is 2.72. The van der Waals surface area contributed by atoms with Gasteiger partial charge in [0.05, 0.1) is 16.7 Å². The van der Waals surface area contributed by atoms with Crippen molar-refractivity contribution in [2.45, 2.75) is 18.7 Å². The Bertz CT molecular complexity index is 1140. The Kier molecular flexibility index (Phi) is 6.09. The SMILES string of the molecule is Cc1ccc(S(=O)(=O)N/N=C/c2ccc(OC(=O)c3ccccc3)cc2)cc1C. The summed E-state index contributed by atoms with van der Waals surface area (Å²) in [7, 11) is -3.74. The molecule has 0 spiro atoms. The lowest BCUT2D eigenvalue weighted by Gasteiger charge is -2.06. The van der Waals surface area contributed by atoms with Crippen molar-refractivity contribution in [2.75, 3.05) is 0 Å². The monoisotopic (exact) mass is 408 g/mol. The molecule has 0 aliphatic rings. The van der Waals surface area contributed by atoms with Gasteiger partial charge in [-0.15, -0.1) is 0 Å². The highest BCUT2D eigenvalue weighted by molar-refractivity contribution is 7.89. The number of esters is 1. The topological polar surface area (TPSA) is 84.8 Å². The first kappa shape index (κ1) is 20.3. The molecule has 7 heteroatoms. The molecule has 0 heterocycles. The zero-order chi connectivity index (χ0) is 20.9. The fourth-order valence-corrected chi connectivity index (χ4v) is 3.34. The molecule has 0 aromatic heterocycles. The van der Waals surface area contributed by atoms with E-state index in [0.717, 1.165) is 11.1 Å². The van der Waals surface area contributed by atoms with Gasteiger partial charge in [-0.3, -0.25) is 0 Å². The molecule has 0 aliphatic heterocycles. The third-order valence-electron chi connectivity index (χ3n) is 4.28. The molecule has 0 aliphatic carbocycles. The minimum atomic E-state index is -3.74. The lowest BCUT2D eigenvalue weighted by Crippen LogP contribution is -2.18. The molecule has 0 bridgehead atoms. The van der Waals surface area contributed by atoms with Crippen molar-refractivity contribution in [1.82, 2.24) is 4.83 Å². The van der Waals surface area contributed by atoms with Gasteiger partial charge in [0.25, 0.3) is 10.0 Å². The van der Waals surface area contributed by atoms with Crippen molar-refractivity contribution in [3.05, 3.63) is 95.1 Å². The number of rotatable bonds is 6. The van der Waals surface area contributed by atoms with E-state index in [-0.39, 0.29) is 4.90 Å². The second-order valence-corrected chi connectivity index (χ2v) is 8.08. The van der Waals surface area contributed by atoms with Gasteiger partial charge in [-0.2, -0.15) is 13.5 Å². The predicted molar refractivity (Wildman–Crippen MR) is 112 cm³/mol. The first-order chi connectivity index (χ1) is 13.8. The number of aryl methyl sites for hydroxylation is 2. The van der Waals surface area contributed by atoms with E-state index in [0.29, 0.717) is 16.9 Å². The summed E-state index contributed by atoms with van der Waals surface area (Å²) in [5.74, 6) is -0.0696. The number of hydrogen-bond acceptors (Lipinski definition) is 5. The molecule has 0 saturated carbocycles. The van der Waals surface area contributed by atoms with E-state index in [1.54, 1.807) is 60.7 Å². The van der Waals surface area contributed by atoms with Crippen LogP contribution in [0.25, 0.3) is 0 Å². The van der Waals surface area contributed by atoms with Crippen LogP contribution in [0.4, 0.5) is 0 Å². The smallest absolute Gasteiger partial charge is 0.343 e. The van der Waals surface area contributed by atoms with E-state index in [4.69, 9.17) is 4.74 Å². The van der Waals surface area contributed by atoms with E-state index >= 15 is 0 Å². The van der Waals surface area contributed by atoms with E-state index in [1.165, 1.54) is 12.3 Å². The normalized spacial score (nSPS) is 11.4. The van der Waals surface area contributed by atoms with Crippen LogP contribution < -0.4 is 9.57 Å². The van der Waals surface area contributed by atoms with Crippen LogP contribution in [0.15, 0.2) is 82.8 Å². The van der Waals surface area contributed by atoms with Crippen LogP contribution in [0.3, 0.4) is 0 Å². The average molecular weight is 408 g/mol. The zero-order valence-corrected chi connectivity index (χ0v) is 16.8. The molecule has 29 heavy (non-hydrogen) atoms. The van der Waals surface area contributed by atoms with Gasteiger partial charge in [0.15, 0.2) is 0 Å². The fourth-order valence-electron chi connectivity index (χ4n) is 2.47. The number of sulfonamides is 1. The molecule has 6 nitrogen and oxygen atoms in total. The van der Waals surface area contributed by atoms with Crippen LogP contribution in [0.2, 0.25) is 0 Å². The molecule has 0 fully saturated rings. The van der Waals surface area contributed by atoms with Crippen LogP contribution in [0.1, 0.15) is 27.0 Å². The molecule has 148 valence electrons. The van der Waals surface area contributed by atoms with Crippen molar-refractivity contribution in [2.24, 2.45) is 5.10 Å². The summed E-state index contributed by atoms with van der Waals surface area (Å²) in [6.45, 7) is 3.77. The highest BCUT2D eigenvalue weighted by atomic mass is 32.2. The Morgan fingerprint density at radius 1 is 0.931 bits per heavy atom. The quantitative estimate of drug-likeness (QED) is 0.291. The minimum Gasteiger partial charge on any atom is -0.423 e. The number of hydrogen-bond donors (Lipinski definition) is 1. The second kappa shape index (κ2) is 8.70. The number of ether oxygens (including phenoxy) is 1. The number of nitrogens with zero attached hydrogens (tertiary/aromatic N) is 1. The van der Waals surface area contributed by atoms with Crippen molar-refractivity contribution in [1.29, 1.82) is 0 Å². The molecule has 0 unspecified atom stereocenters. The van der Waals surface area contributed by atoms with Crippen molar-refractivity contribution in [3.8, 4) is 5.75 Å². The summed E-state index contributed by atoms with van der Waals surface area (Å²) in [5, 5.41) is 3.81. The van der Waals surface area contributed by atoms with Gasteiger partial charge in [0.1, 0.15) is 5.75 Å². The predicted octanol–water partition coefficient (Wildman–Crippen LogP) is 3.84. The number of hydrazone groups is 1. The number of carbonyl (C=O) groups excluding carboxylic acids is 1. The number of carbonyl (C=O) groups is 1. The molecule has 3 aromatic carbocycles. The summed E-state index contributed by atoms with van der Waals surface area (Å²) in [6.07, 6.45) is 1.38. The van der Waals surface area contributed by atoms with Crippen LogP contribution >= 0.6 is 0 Å². The molecule has 0 radical (unpaired) electrons. The van der Waals surface area contributed by atoms with Gasteiger partial charge in [0, 0.05) is 0 Å². The van der Waals surface area contributed by atoms with Crippen LogP contribution in [0.5, 0.6) is 5.75 Å². The van der Waals surface area contributed by atoms with Crippen LogP contribution in [0, 0.1) is 13.8 Å². The Morgan fingerprint density at radius 3 is 2.28 bits per heavy atom. The van der Waals surface area contributed by atoms with E-state index in [1.807, 2.05) is 19.9 Å². The first-order valence-corrected chi connectivity index (χ1v) is 10.3. The maximum atomic E-state index is 12.3. The van der Waals surface area contributed by atoms with Crippen molar-refractivity contribution in [3.63, 3.8) is 0 Å². The Hall–Kier alpha value is -3.45. The molecule has 0 saturated heterocycles. The van der Waals surface area contributed by atoms with Gasteiger partial charge in [-0.25, -0.2) is 9.63 Å². The van der Waals surface area contributed by atoms with Gasteiger partial charge < -0.3 is 4.74 Å². The standard InChI is InChI=1S/C22H20N2O4S/c1-16-8-13-21(14-17(16)2)29(26,27)24-23-15-18-9-11-20(12-10-18)28-22(25)19-6-4-3-5-7-19/h3-15,24H,1-2H3/b23-15+. The van der Waals surface area contributed by atoms with Gasteiger partial charge in [-0.05, 0) is 79.1 Å². The van der Waals surface area contributed by atoms with Gasteiger partial charge >= 0.3 is 5.97 Å². The Morgan fingerprint density at radius 2 is 1.62 bits per heavy atom. The summed E-state index contributed by atoms with van der Waals surface area (Å²) in [6, 6.07) is 20.1. The highest BCUT2D eigenvalue weighted by Gasteiger charge is 2.13. The molecule has 3 aromatic rings. The molecular weight excluding hydrogens is 388 g/mol. The highest BCUT2D eigenvalue weighted by Crippen LogP contribution is 2.15. The third-order valence-corrected chi connectivity index (χ3v) is 5.50. The first-order valence-electron chi connectivity index (χ1n) is 8.84. The Balaban J connectivity index is 1.62. The second-order valence-electron chi connectivity index (χ2n) is 6.42. The lowest BCUT2D eigenvalue weighted by molar-refractivity contribution is 0.0734. The van der Waals surface area contributed by atoms with Crippen LogP contribution in [-0.2, 0) is 10.0 Å². The van der Waals surface area contributed by atoms with Gasteiger partial charge in [0.2, 0.25) is 0 Å². The fraction of sp³-hybridized carbons (Fsp3) is 0.0909. The van der Waals surface area contributed by atoms with Gasteiger partial charge in [-0.1, -0.05) is 24.3 Å². The maximum absolute atomic E-state index is 12.3. The summed E-state index contributed by atoms with van der Waals surface area (Å²) < 4.78 is 29.9. The maximum Gasteiger partial charge on any atom is 0.343 e. The van der Waals surface area contributed by atoms with Crippen LogP contribution in [-0.4, -0.2) is 20.6 Å². The van der Waals surface area contributed by atoms with E-state index < -0.39 is 16.0 Å².